The van der Waals surface area contributed by atoms with Gasteiger partial charge in [-0.2, -0.15) is 0 Å². The molecule has 0 rings (SSSR count). The van der Waals surface area contributed by atoms with Crippen molar-refractivity contribution in [2.45, 2.75) is 0 Å². The molecule has 0 aliphatic carbocycles. The standard InChI is InChI=1S/Ni.H3O4P.O/c;1-5(2,3)4;/h;(H3,1,2,3,4);. The third-order valence-corrected chi connectivity index (χ3v) is 0. The molecule has 48 valence electrons. The second-order valence-electron chi connectivity index (χ2n) is 0.513. The molecule has 0 saturated carbocycles. The van der Waals surface area contributed by atoms with Crippen LogP contribution < -0.4 is 0 Å². The van der Waals surface area contributed by atoms with Crippen molar-refractivity contribution in [2.75, 3.05) is 0 Å². The third-order valence-electron chi connectivity index (χ3n) is 0. The minimum atomic E-state index is -4.64. The molecule has 3 N–H and O–H groups in total. The maximum absolute atomic E-state index is 8.88. The van der Waals surface area contributed by atoms with Crippen LogP contribution in [-0.2, 0) is 23.9 Å². The predicted octanol–water partition coefficient (Wildman–Crippen LogP) is -1.05. The Bertz CT molecular complexity index is 63.9. The topological polar surface area (TPSA) is 94.8 Å². The average molecular weight is 173 g/mol. The van der Waals surface area contributed by atoms with Crippen LogP contribution in [0, 0.1) is 0 Å². The van der Waals surface area contributed by atoms with Crippen LogP contribution in [0.15, 0.2) is 0 Å². The monoisotopic (exact) mass is 172 g/mol. The van der Waals surface area contributed by atoms with Gasteiger partial charge in [-0.15, -0.1) is 0 Å². The fourth-order valence-electron chi connectivity index (χ4n) is 0. The van der Waals surface area contributed by atoms with Gasteiger partial charge in [-0.1, -0.05) is 0 Å². The maximum atomic E-state index is 8.88. The molecule has 0 aromatic carbocycles. The quantitative estimate of drug-likeness (QED) is 0.320. The van der Waals surface area contributed by atoms with Crippen LogP contribution in [0.2, 0.25) is 0 Å². The van der Waals surface area contributed by atoms with E-state index in [4.69, 9.17) is 23.1 Å². The van der Waals surface area contributed by atoms with Crippen LogP contribution in [0.1, 0.15) is 0 Å². The predicted molar refractivity (Wildman–Crippen MR) is 14.9 cm³/mol. The van der Waals surface area contributed by atoms with Gasteiger partial charge >= 0.3 is 27.1 Å². The van der Waals surface area contributed by atoms with Crippen molar-refractivity contribution in [3.63, 3.8) is 0 Å². The Kier molecular flexibility index (Phi) is 6.77. The molecular weight excluding hydrogens is 170 g/mol. The van der Waals surface area contributed by atoms with Crippen LogP contribution >= 0.6 is 7.82 Å². The Morgan fingerprint density at radius 1 is 1.14 bits per heavy atom. The van der Waals surface area contributed by atoms with Crippen molar-refractivity contribution in [2.24, 2.45) is 0 Å². The van der Waals surface area contributed by atoms with Crippen molar-refractivity contribution in [1.29, 1.82) is 0 Å². The van der Waals surface area contributed by atoms with Gasteiger partial charge in [-0.05, 0) is 0 Å². The first kappa shape index (κ1) is 10.4. The molecule has 0 bridgehead atoms. The Morgan fingerprint density at radius 2 is 1.14 bits per heavy atom. The summed E-state index contributed by atoms with van der Waals surface area (Å²) in [4.78, 5) is 21.6. The minimum absolute atomic E-state index is 2.62. The number of hydrogen-bond donors (Lipinski definition) is 3. The van der Waals surface area contributed by atoms with Crippen molar-refractivity contribution in [1.82, 2.24) is 0 Å². The summed E-state index contributed by atoms with van der Waals surface area (Å²) in [5, 5.41) is 0. The van der Waals surface area contributed by atoms with E-state index in [9.17, 15) is 0 Å². The van der Waals surface area contributed by atoms with Gasteiger partial charge in [0.25, 0.3) is 0 Å². The number of hydrogen-bond acceptors (Lipinski definition) is 2. The molecule has 0 aliphatic heterocycles. The molecule has 0 heterocycles. The van der Waals surface area contributed by atoms with E-state index in [0.717, 1.165) is 0 Å². The van der Waals surface area contributed by atoms with E-state index in [2.05, 4.69) is 15.4 Å². The third kappa shape index (κ3) is 763. The molecule has 0 unspecified atom stereocenters. The van der Waals surface area contributed by atoms with Crippen molar-refractivity contribution in [3.8, 4) is 0 Å². The van der Waals surface area contributed by atoms with E-state index < -0.39 is 7.82 Å². The number of rotatable bonds is 0. The Hall–Kier alpha value is 0.404. The summed E-state index contributed by atoms with van der Waals surface area (Å²) in [5.41, 5.74) is 0. The summed E-state index contributed by atoms with van der Waals surface area (Å²) in [6.45, 7) is 0. The first-order chi connectivity index (χ1) is 3.00. The van der Waals surface area contributed by atoms with Crippen molar-refractivity contribution in [3.05, 3.63) is 0 Å². The van der Waals surface area contributed by atoms with Gasteiger partial charge < -0.3 is 14.7 Å². The van der Waals surface area contributed by atoms with E-state index in [1.165, 1.54) is 0 Å². The molecule has 7 heavy (non-hydrogen) atoms. The average Bonchev–Trinajstić information content (AvgIpc) is 1.36. The normalized spacial score (nSPS) is 9.29. The molecule has 5 nitrogen and oxygen atoms in total. The van der Waals surface area contributed by atoms with E-state index in [0.29, 0.717) is 0 Å². The zero-order valence-corrected chi connectivity index (χ0v) is 4.80. The summed E-state index contributed by atoms with van der Waals surface area (Å²) in [6.07, 6.45) is 0. The molecule has 0 aromatic heterocycles. The summed E-state index contributed by atoms with van der Waals surface area (Å²) < 4.78 is 16.8. The first-order valence-electron chi connectivity index (χ1n) is 0.912. The molecule has 0 radical (unpaired) electrons. The molecule has 0 aromatic rings. The van der Waals surface area contributed by atoms with Gasteiger partial charge in [-0.3, -0.25) is 0 Å². The number of phosphoric acid groups is 1. The molecule has 0 fully saturated rings. The van der Waals surface area contributed by atoms with Crippen LogP contribution in [0.5, 0.6) is 0 Å². The molecule has 7 heteroatoms. The van der Waals surface area contributed by atoms with Gasteiger partial charge in [0.05, 0.1) is 0 Å². The van der Waals surface area contributed by atoms with Crippen molar-refractivity contribution < 1.29 is 38.5 Å². The molecule has 0 aliphatic rings. The van der Waals surface area contributed by atoms with Gasteiger partial charge in [0.15, 0.2) is 0 Å². The summed E-state index contributed by atoms with van der Waals surface area (Å²) in [7, 11) is -4.64. The zero-order chi connectivity index (χ0) is 6.50. The van der Waals surface area contributed by atoms with Crippen LogP contribution in [0.4, 0.5) is 0 Å². The molecule has 0 spiro atoms. The Morgan fingerprint density at radius 3 is 1.14 bits per heavy atom. The van der Waals surface area contributed by atoms with Gasteiger partial charge in [-0.25, -0.2) is 4.57 Å². The van der Waals surface area contributed by atoms with E-state index in [-0.39, 0.29) is 0 Å². The molecular formula is H3NiO5P. The SMILES string of the molecule is O=P(O)(O)O.[O]=[Ni]. The summed E-state index contributed by atoms with van der Waals surface area (Å²) >= 11 is 2.62. The van der Waals surface area contributed by atoms with Gasteiger partial charge in [0.2, 0.25) is 0 Å². The zero-order valence-electron chi connectivity index (χ0n) is 2.92. The molecule has 0 amide bonds. The molecule has 0 saturated heterocycles. The second kappa shape index (κ2) is 4.56. The fraction of sp³-hybridized carbons (Fsp3) is 0. The van der Waals surface area contributed by atoms with E-state index in [1.807, 2.05) is 0 Å². The van der Waals surface area contributed by atoms with Gasteiger partial charge in [0.1, 0.15) is 0 Å². The second-order valence-corrected chi connectivity index (χ2v) is 1.54. The summed E-state index contributed by atoms with van der Waals surface area (Å²) in [6, 6.07) is 0. The van der Waals surface area contributed by atoms with E-state index >= 15 is 0 Å². The Balaban J connectivity index is 0. The summed E-state index contributed by atoms with van der Waals surface area (Å²) in [5.74, 6) is 0. The molecule has 0 atom stereocenters. The van der Waals surface area contributed by atoms with Crippen LogP contribution in [-0.4, -0.2) is 14.7 Å². The van der Waals surface area contributed by atoms with Crippen molar-refractivity contribution >= 4 is 7.82 Å². The first-order valence-corrected chi connectivity index (χ1v) is 2.88. The van der Waals surface area contributed by atoms with Crippen LogP contribution in [0.3, 0.4) is 0 Å². The van der Waals surface area contributed by atoms with Gasteiger partial charge in [0, 0.05) is 0 Å². The Labute approximate surface area is 47.2 Å². The fourth-order valence-corrected chi connectivity index (χ4v) is 0. The van der Waals surface area contributed by atoms with E-state index in [1.54, 1.807) is 0 Å². The van der Waals surface area contributed by atoms with Crippen LogP contribution in [0.25, 0.3) is 0 Å².